The summed E-state index contributed by atoms with van der Waals surface area (Å²) in [6.07, 6.45) is 1.20. The van der Waals surface area contributed by atoms with Gasteiger partial charge in [0.15, 0.2) is 0 Å². The largest absolute Gasteiger partial charge is 0.379 e. The second kappa shape index (κ2) is 11.1. The number of nitrogens with one attached hydrogen (secondary N) is 2. The Balaban J connectivity index is 1.39. The minimum atomic E-state index is -0.785. The number of hydrogen-bond donors (Lipinski definition) is 2. The Morgan fingerprint density at radius 2 is 1.89 bits per heavy atom. The number of aromatic nitrogens is 1. The van der Waals surface area contributed by atoms with Crippen LogP contribution in [0.5, 0.6) is 0 Å². The highest BCUT2D eigenvalue weighted by molar-refractivity contribution is 5.92. The molecule has 9 heteroatoms. The van der Waals surface area contributed by atoms with Crippen molar-refractivity contribution >= 4 is 28.6 Å². The molecule has 1 aromatic heterocycles. The highest BCUT2D eigenvalue weighted by Crippen LogP contribution is 2.50. The van der Waals surface area contributed by atoms with E-state index in [1.54, 1.807) is 0 Å². The van der Waals surface area contributed by atoms with Crippen LogP contribution in [0.1, 0.15) is 44.9 Å². The summed E-state index contributed by atoms with van der Waals surface area (Å²) in [5, 5.41) is 4.17. The first-order valence-electron chi connectivity index (χ1n) is 14.2. The monoisotopic (exact) mass is 523 g/mol. The number of fused-ring (bicyclic) bond motifs is 5. The highest BCUT2D eigenvalue weighted by Gasteiger charge is 2.57. The molecule has 1 aromatic carbocycles. The van der Waals surface area contributed by atoms with Crippen molar-refractivity contribution in [3.63, 3.8) is 0 Å². The van der Waals surface area contributed by atoms with Crippen molar-refractivity contribution in [1.82, 2.24) is 25.0 Å². The highest BCUT2D eigenvalue weighted by atomic mass is 16.5. The number of aromatic amines is 1. The average molecular weight is 524 g/mol. The fourth-order valence-corrected chi connectivity index (χ4v) is 6.76. The van der Waals surface area contributed by atoms with Crippen LogP contribution in [0, 0.1) is 11.8 Å². The predicted molar refractivity (Wildman–Crippen MR) is 145 cm³/mol. The molecule has 2 N–H and O–H groups in total. The normalized spacial score (nSPS) is 25.7. The molecule has 0 radical (unpaired) electrons. The van der Waals surface area contributed by atoms with Crippen molar-refractivity contribution in [1.29, 1.82) is 0 Å². The molecule has 4 heterocycles. The summed E-state index contributed by atoms with van der Waals surface area (Å²) >= 11 is 0. The molecule has 1 unspecified atom stereocenters. The predicted octanol–water partition coefficient (Wildman–Crippen LogP) is 2.11. The van der Waals surface area contributed by atoms with Gasteiger partial charge in [0.1, 0.15) is 0 Å². The Kier molecular flexibility index (Phi) is 7.77. The van der Waals surface area contributed by atoms with E-state index in [1.165, 1.54) is 5.56 Å². The average Bonchev–Trinajstić information content (AvgIpc) is 3.31. The first kappa shape index (κ1) is 26.7. The van der Waals surface area contributed by atoms with Gasteiger partial charge < -0.3 is 24.8 Å². The lowest BCUT2D eigenvalue weighted by atomic mass is 9.67. The van der Waals surface area contributed by atoms with Crippen LogP contribution in [-0.4, -0.2) is 96.4 Å². The number of benzene rings is 1. The van der Waals surface area contributed by atoms with Gasteiger partial charge in [-0.25, -0.2) is 0 Å². The van der Waals surface area contributed by atoms with Gasteiger partial charge in [0.05, 0.1) is 24.7 Å². The molecule has 206 valence electrons. The van der Waals surface area contributed by atoms with Crippen molar-refractivity contribution in [2.45, 2.75) is 45.6 Å². The maximum Gasteiger partial charge on any atom is 0.228 e. The molecule has 3 aliphatic heterocycles. The van der Waals surface area contributed by atoms with Crippen LogP contribution in [0.4, 0.5) is 0 Å². The van der Waals surface area contributed by atoms with Crippen molar-refractivity contribution in [2.75, 3.05) is 59.0 Å². The van der Waals surface area contributed by atoms with Gasteiger partial charge in [0.2, 0.25) is 17.7 Å². The molecule has 3 amide bonds. The van der Waals surface area contributed by atoms with Crippen LogP contribution in [0.2, 0.25) is 0 Å². The lowest BCUT2D eigenvalue weighted by molar-refractivity contribution is -0.164. The van der Waals surface area contributed by atoms with E-state index in [4.69, 9.17) is 4.74 Å². The molecule has 2 fully saturated rings. The van der Waals surface area contributed by atoms with E-state index < -0.39 is 17.4 Å². The molecule has 2 saturated heterocycles. The van der Waals surface area contributed by atoms with Gasteiger partial charge in [-0.05, 0) is 45.2 Å². The quantitative estimate of drug-likeness (QED) is 0.552. The summed E-state index contributed by atoms with van der Waals surface area (Å²) in [5.41, 5.74) is 2.41. The number of rotatable bonds is 8. The van der Waals surface area contributed by atoms with Crippen LogP contribution < -0.4 is 5.32 Å². The van der Waals surface area contributed by atoms with Gasteiger partial charge in [-0.15, -0.1) is 0 Å². The molecule has 0 spiro atoms. The van der Waals surface area contributed by atoms with Crippen LogP contribution in [0.3, 0.4) is 0 Å². The lowest BCUT2D eigenvalue weighted by Crippen LogP contribution is -2.64. The third-order valence-electron chi connectivity index (χ3n) is 8.94. The Morgan fingerprint density at radius 3 is 2.63 bits per heavy atom. The van der Waals surface area contributed by atoms with E-state index in [0.717, 1.165) is 55.9 Å². The number of H-pyrrole nitrogens is 1. The Labute approximate surface area is 224 Å². The van der Waals surface area contributed by atoms with E-state index in [0.29, 0.717) is 32.6 Å². The van der Waals surface area contributed by atoms with Gasteiger partial charge in [0.25, 0.3) is 0 Å². The fourth-order valence-electron chi connectivity index (χ4n) is 6.76. The van der Waals surface area contributed by atoms with E-state index in [2.05, 4.69) is 27.3 Å². The Hall–Kier alpha value is -2.91. The summed E-state index contributed by atoms with van der Waals surface area (Å²) in [5.74, 6) is -1.04. The second-order valence-electron chi connectivity index (χ2n) is 10.9. The SMILES string of the molecule is CCN(CC)C(=O)[C@H]1CC(CC(=O)NCCN2CCOCC2)C(=O)N2CCc3c([nH]c4ccccc34)[C@]12C. The van der Waals surface area contributed by atoms with E-state index in [-0.39, 0.29) is 24.1 Å². The van der Waals surface area contributed by atoms with E-state index >= 15 is 0 Å². The van der Waals surface area contributed by atoms with Gasteiger partial charge in [-0.3, -0.25) is 19.3 Å². The van der Waals surface area contributed by atoms with Gasteiger partial charge in [0, 0.05) is 74.7 Å². The van der Waals surface area contributed by atoms with Gasteiger partial charge in [-0.1, -0.05) is 18.2 Å². The van der Waals surface area contributed by atoms with E-state index in [1.807, 2.05) is 42.7 Å². The lowest BCUT2D eigenvalue weighted by Gasteiger charge is -2.54. The Morgan fingerprint density at radius 1 is 1.16 bits per heavy atom. The van der Waals surface area contributed by atoms with Crippen molar-refractivity contribution in [3.05, 3.63) is 35.5 Å². The number of ether oxygens (including phenoxy) is 1. The number of morpholine rings is 1. The molecule has 0 saturated carbocycles. The zero-order valence-corrected chi connectivity index (χ0v) is 22.9. The van der Waals surface area contributed by atoms with Crippen LogP contribution in [0.25, 0.3) is 10.9 Å². The molecule has 3 atom stereocenters. The first-order chi connectivity index (χ1) is 18.4. The number of hydrogen-bond acceptors (Lipinski definition) is 5. The third-order valence-corrected chi connectivity index (χ3v) is 8.94. The molecule has 3 aliphatic rings. The zero-order chi connectivity index (χ0) is 26.9. The van der Waals surface area contributed by atoms with Crippen molar-refractivity contribution in [2.24, 2.45) is 11.8 Å². The number of amides is 3. The zero-order valence-electron chi connectivity index (χ0n) is 22.9. The number of nitrogens with zero attached hydrogens (tertiary/aromatic N) is 3. The maximum absolute atomic E-state index is 14.0. The second-order valence-corrected chi connectivity index (χ2v) is 10.9. The number of para-hydroxylation sites is 1. The standard InChI is InChI=1S/C29H41N5O4/c1-4-33(5-2)28(37)23-18-20(19-25(35)30-11-13-32-14-16-38-17-15-32)27(36)34-12-10-22-21-8-6-7-9-24(21)31-26(22)29(23,34)3/h6-9,20,23,31H,4-5,10-19H2,1-3H3,(H,30,35)/t20?,23-,29+/m1/s1. The maximum atomic E-state index is 14.0. The van der Waals surface area contributed by atoms with E-state index in [9.17, 15) is 14.4 Å². The molecule has 5 rings (SSSR count). The van der Waals surface area contributed by atoms with Gasteiger partial charge in [-0.2, -0.15) is 0 Å². The molecule has 0 bridgehead atoms. The summed E-state index contributed by atoms with van der Waals surface area (Å²) < 4.78 is 5.39. The number of carbonyl (C=O) groups is 3. The van der Waals surface area contributed by atoms with Crippen molar-refractivity contribution in [3.8, 4) is 0 Å². The molecular formula is C29H41N5O4. The molecule has 2 aromatic rings. The fraction of sp³-hybridized carbons (Fsp3) is 0.621. The molecule has 0 aliphatic carbocycles. The molecule has 9 nitrogen and oxygen atoms in total. The van der Waals surface area contributed by atoms with Crippen LogP contribution in [0.15, 0.2) is 24.3 Å². The summed E-state index contributed by atoms with van der Waals surface area (Å²) in [6, 6.07) is 8.20. The smallest absolute Gasteiger partial charge is 0.228 e. The van der Waals surface area contributed by atoms with Crippen LogP contribution in [-0.2, 0) is 31.1 Å². The number of carbonyl (C=O) groups excluding carboxylic acids is 3. The number of piperidine rings is 1. The molecular weight excluding hydrogens is 482 g/mol. The first-order valence-corrected chi connectivity index (χ1v) is 14.2. The Bertz CT molecular complexity index is 1180. The minimum absolute atomic E-state index is 0.0243. The topological polar surface area (TPSA) is 98.0 Å². The third kappa shape index (κ3) is 4.71. The minimum Gasteiger partial charge on any atom is -0.379 e. The molecule has 38 heavy (non-hydrogen) atoms. The van der Waals surface area contributed by atoms with Gasteiger partial charge >= 0.3 is 0 Å². The summed E-state index contributed by atoms with van der Waals surface area (Å²) in [7, 11) is 0. The summed E-state index contributed by atoms with van der Waals surface area (Å²) in [4.78, 5) is 50.5. The summed E-state index contributed by atoms with van der Waals surface area (Å²) in [6.45, 7) is 12.3. The van der Waals surface area contributed by atoms with Crippen molar-refractivity contribution < 1.29 is 19.1 Å². The van der Waals surface area contributed by atoms with Crippen LogP contribution >= 0.6 is 0 Å².